The summed E-state index contributed by atoms with van der Waals surface area (Å²) in [6.07, 6.45) is 1.57. The number of carbonyl (C=O) groups is 3. The number of nitrogens with one attached hydrogen (secondary N) is 2. The van der Waals surface area contributed by atoms with Crippen molar-refractivity contribution >= 4 is 29.6 Å². The predicted octanol–water partition coefficient (Wildman–Crippen LogP) is 3.56. The van der Waals surface area contributed by atoms with Gasteiger partial charge in [0.2, 0.25) is 5.91 Å². The molecule has 0 atom stereocenters. The molecule has 1 fully saturated rings. The fraction of sp³-hybridized carbons (Fsp3) is 0.261. The van der Waals surface area contributed by atoms with Gasteiger partial charge in [0.05, 0.1) is 6.61 Å². The molecular weight excluding hydrogens is 382 g/mol. The Labute approximate surface area is 175 Å². The van der Waals surface area contributed by atoms with E-state index in [2.05, 4.69) is 24.5 Å². The van der Waals surface area contributed by atoms with Gasteiger partial charge in [0.25, 0.3) is 5.91 Å². The molecule has 1 aliphatic rings. The van der Waals surface area contributed by atoms with E-state index < -0.39 is 17.8 Å². The number of imide groups is 1. The molecule has 7 heteroatoms. The number of aryl methyl sites for hydroxylation is 1. The van der Waals surface area contributed by atoms with Gasteiger partial charge in [-0.1, -0.05) is 43.7 Å². The number of nitrogens with zero attached hydrogens (tertiary/aromatic N) is 1. The third-order valence-electron chi connectivity index (χ3n) is 4.37. The topological polar surface area (TPSA) is 87.7 Å². The van der Waals surface area contributed by atoms with Gasteiger partial charge in [0.1, 0.15) is 18.0 Å². The Morgan fingerprint density at radius 3 is 2.40 bits per heavy atom. The molecule has 2 N–H and O–H groups in total. The van der Waals surface area contributed by atoms with E-state index in [1.54, 1.807) is 30.3 Å². The van der Waals surface area contributed by atoms with Crippen molar-refractivity contribution in [3.05, 3.63) is 65.4 Å². The molecule has 1 heterocycles. The lowest BCUT2D eigenvalue weighted by molar-refractivity contribution is -0.127. The van der Waals surface area contributed by atoms with Crippen LogP contribution in [0, 0.1) is 12.8 Å². The summed E-state index contributed by atoms with van der Waals surface area (Å²) in [5.41, 5.74) is 2.53. The van der Waals surface area contributed by atoms with Gasteiger partial charge in [-0.15, -0.1) is 0 Å². The van der Waals surface area contributed by atoms with Crippen molar-refractivity contribution in [2.75, 3.05) is 18.5 Å². The lowest BCUT2D eigenvalue weighted by atomic mass is 10.2. The number of urea groups is 1. The van der Waals surface area contributed by atoms with Gasteiger partial charge >= 0.3 is 6.03 Å². The van der Waals surface area contributed by atoms with Gasteiger partial charge in [0.15, 0.2) is 0 Å². The van der Waals surface area contributed by atoms with E-state index in [1.165, 1.54) is 0 Å². The molecular formula is C23H25N3O4. The summed E-state index contributed by atoms with van der Waals surface area (Å²) >= 11 is 0. The van der Waals surface area contributed by atoms with Crippen molar-refractivity contribution in [2.24, 2.45) is 5.92 Å². The standard InChI is InChI=1S/C23H25N3O4/c1-15(2)14-30-19-10-6-17(7-11-19)12-20-22(28)26(23(29)25-20)13-21(27)24-18-8-4-16(3)5-9-18/h4-12,15H,13-14H2,1-3H3,(H,24,27)(H,25,29)/b20-12+. The fourth-order valence-corrected chi connectivity index (χ4v) is 2.79. The van der Waals surface area contributed by atoms with Crippen LogP contribution in [0.5, 0.6) is 5.75 Å². The molecule has 0 saturated carbocycles. The quantitative estimate of drug-likeness (QED) is 0.543. The van der Waals surface area contributed by atoms with Crippen LogP contribution in [0.4, 0.5) is 10.5 Å². The van der Waals surface area contributed by atoms with Gasteiger partial charge in [-0.25, -0.2) is 9.69 Å². The molecule has 0 aliphatic carbocycles. The second kappa shape index (κ2) is 9.26. The third-order valence-corrected chi connectivity index (χ3v) is 4.37. The zero-order chi connectivity index (χ0) is 21.7. The van der Waals surface area contributed by atoms with Crippen LogP contribution < -0.4 is 15.4 Å². The smallest absolute Gasteiger partial charge is 0.329 e. The highest BCUT2D eigenvalue weighted by atomic mass is 16.5. The molecule has 0 spiro atoms. The van der Waals surface area contributed by atoms with Crippen LogP contribution in [0.3, 0.4) is 0 Å². The molecule has 0 aromatic heterocycles. The Morgan fingerprint density at radius 1 is 1.10 bits per heavy atom. The first-order valence-electron chi connectivity index (χ1n) is 9.76. The van der Waals surface area contributed by atoms with Crippen LogP contribution in [0.15, 0.2) is 54.2 Å². The third kappa shape index (κ3) is 5.47. The van der Waals surface area contributed by atoms with Gasteiger partial charge in [-0.05, 0) is 48.7 Å². The maximum atomic E-state index is 12.6. The Kier molecular flexibility index (Phi) is 6.51. The van der Waals surface area contributed by atoms with Gasteiger partial charge in [0, 0.05) is 5.69 Å². The molecule has 7 nitrogen and oxygen atoms in total. The average molecular weight is 407 g/mol. The van der Waals surface area contributed by atoms with Crippen molar-refractivity contribution in [1.82, 2.24) is 10.2 Å². The highest BCUT2D eigenvalue weighted by Gasteiger charge is 2.34. The van der Waals surface area contributed by atoms with Gasteiger partial charge in [-0.2, -0.15) is 0 Å². The van der Waals surface area contributed by atoms with Crippen LogP contribution in [-0.4, -0.2) is 35.9 Å². The van der Waals surface area contributed by atoms with E-state index in [4.69, 9.17) is 4.74 Å². The van der Waals surface area contributed by atoms with E-state index in [0.717, 1.165) is 21.8 Å². The Hall–Kier alpha value is -3.61. The molecule has 3 rings (SSSR count). The molecule has 1 saturated heterocycles. The summed E-state index contributed by atoms with van der Waals surface area (Å²) in [6.45, 7) is 6.34. The van der Waals surface area contributed by atoms with E-state index in [1.807, 2.05) is 31.2 Å². The van der Waals surface area contributed by atoms with Crippen LogP contribution in [0.25, 0.3) is 6.08 Å². The lowest BCUT2D eigenvalue weighted by Crippen LogP contribution is -2.38. The van der Waals surface area contributed by atoms with Crippen molar-refractivity contribution in [2.45, 2.75) is 20.8 Å². The normalized spacial score (nSPS) is 14.9. The zero-order valence-corrected chi connectivity index (χ0v) is 17.3. The summed E-state index contributed by atoms with van der Waals surface area (Å²) in [5, 5.41) is 5.20. The Balaban J connectivity index is 1.62. The zero-order valence-electron chi connectivity index (χ0n) is 17.3. The van der Waals surface area contributed by atoms with E-state index in [0.29, 0.717) is 18.2 Å². The number of ether oxygens (including phenoxy) is 1. The average Bonchev–Trinajstić information content (AvgIpc) is 2.96. The van der Waals surface area contributed by atoms with Crippen molar-refractivity contribution in [3.63, 3.8) is 0 Å². The molecule has 1 aliphatic heterocycles. The molecule has 30 heavy (non-hydrogen) atoms. The number of hydrogen-bond acceptors (Lipinski definition) is 4. The molecule has 4 amide bonds. The van der Waals surface area contributed by atoms with Crippen molar-refractivity contribution in [1.29, 1.82) is 0 Å². The van der Waals surface area contributed by atoms with Gasteiger partial charge < -0.3 is 15.4 Å². The molecule has 0 radical (unpaired) electrons. The first-order valence-corrected chi connectivity index (χ1v) is 9.76. The molecule has 0 bridgehead atoms. The summed E-state index contributed by atoms with van der Waals surface area (Å²) < 4.78 is 5.64. The second-order valence-corrected chi connectivity index (χ2v) is 7.57. The number of carbonyl (C=O) groups excluding carboxylic acids is 3. The minimum absolute atomic E-state index is 0.124. The Bertz CT molecular complexity index is 963. The second-order valence-electron chi connectivity index (χ2n) is 7.57. The van der Waals surface area contributed by atoms with Crippen molar-refractivity contribution in [3.8, 4) is 5.75 Å². The number of rotatable bonds is 7. The number of anilines is 1. The van der Waals surface area contributed by atoms with E-state index in [-0.39, 0.29) is 12.2 Å². The first-order chi connectivity index (χ1) is 14.3. The minimum Gasteiger partial charge on any atom is -0.493 e. The number of amides is 4. The summed E-state index contributed by atoms with van der Waals surface area (Å²) in [4.78, 5) is 37.9. The van der Waals surface area contributed by atoms with E-state index >= 15 is 0 Å². The van der Waals surface area contributed by atoms with Gasteiger partial charge in [-0.3, -0.25) is 9.59 Å². The summed E-state index contributed by atoms with van der Waals surface area (Å²) in [5.74, 6) is 0.170. The summed E-state index contributed by atoms with van der Waals surface area (Å²) in [6, 6.07) is 13.8. The lowest BCUT2D eigenvalue weighted by Gasteiger charge is -2.12. The maximum Gasteiger partial charge on any atom is 0.329 e. The highest BCUT2D eigenvalue weighted by molar-refractivity contribution is 6.15. The SMILES string of the molecule is Cc1ccc(NC(=O)CN2C(=O)N/C(=C/c3ccc(OCC(C)C)cc3)C2=O)cc1. The molecule has 156 valence electrons. The van der Waals surface area contributed by atoms with E-state index in [9.17, 15) is 14.4 Å². The fourth-order valence-electron chi connectivity index (χ4n) is 2.79. The predicted molar refractivity (Wildman–Crippen MR) is 115 cm³/mol. The number of benzene rings is 2. The maximum absolute atomic E-state index is 12.6. The first kappa shape index (κ1) is 21.1. The summed E-state index contributed by atoms with van der Waals surface area (Å²) in [7, 11) is 0. The largest absolute Gasteiger partial charge is 0.493 e. The van der Waals surface area contributed by atoms with Crippen LogP contribution in [0.2, 0.25) is 0 Å². The molecule has 0 unspecified atom stereocenters. The molecule has 2 aromatic carbocycles. The van der Waals surface area contributed by atoms with Crippen molar-refractivity contribution < 1.29 is 19.1 Å². The Morgan fingerprint density at radius 2 is 1.77 bits per heavy atom. The van der Waals surface area contributed by atoms with Crippen LogP contribution >= 0.6 is 0 Å². The van der Waals surface area contributed by atoms with Crippen LogP contribution in [0.1, 0.15) is 25.0 Å². The molecule has 2 aromatic rings. The minimum atomic E-state index is -0.623. The highest BCUT2D eigenvalue weighted by Crippen LogP contribution is 2.18. The van der Waals surface area contributed by atoms with Crippen LogP contribution in [-0.2, 0) is 9.59 Å². The monoisotopic (exact) mass is 407 g/mol. The number of hydrogen-bond donors (Lipinski definition) is 2.